The maximum atomic E-state index is 13.6. The number of imidazole rings is 1. The molecule has 2 aliphatic heterocycles. The fourth-order valence-corrected chi connectivity index (χ4v) is 5.81. The summed E-state index contributed by atoms with van der Waals surface area (Å²) in [7, 11) is 0. The first-order chi connectivity index (χ1) is 18.3. The van der Waals surface area contributed by atoms with Gasteiger partial charge in [-0.3, -0.25) is 19.5 Å². The van der Waals surface area contributed by atoms with Crippen molar-refractivity contribution in [3.05, 3.63) is 65.5 Å². The summed E-state index contributed by atoms with van der Waals surface area (Å²) in [5.74, 6) is 6.50. The third kappa shape index (κ3) is 5.35. The Morgan fingerprint density at radius 2 is 1.76 bits per heavy atom. The molecule has 200 valence electrons. The standard InChI is InChI=1S/C29H37N7O2/c1-4-27(37)34-14-6-5-9-24(19-34)35-26-11-10-22(18-33-12-7-8-13-33)17-25(26)32-29(35)36(30)28(38)23-15-20(2)31-21(3)16-23/h4,10-11,15-17,24H,1,5-9,12-14,18-19,30H2,2-3H3/t24-/m1/s1. The van der Waals surface area contributed by atoms with Crippen molar-refractivity contribution in [2.24, 2.45) is 5.84 Å². The lowest BCUT2D eigenvalue weighted by molar-refractivity contribution is -0.126. The highest BCUT2D eigenvalue weighted by molar-refractivity contribution is 6.05. The summed E-state index contributed by atoms with van der Waals surface area (Å²) in [6.07, 6.45) is 6.57. The fourth-order valence-electron chi connectivity index (χ4n) is 5.81. The number of pyridine rings is 1. The van der Waals surface area contributed by atoms with Crippen molar-refractivity contribution in [2.75, 3.05) is 31.2 Å². The average molecular weight is 516 g/mol. The van der Waals surface area contributed by atoms with E-state index in [9.17, 15) is 9.59 Å². The number of fused-ring (bicyclic) bond motifs is 1. The van der Waals surface area contributed by atoms with E-state index in [1.807, 2.05) is 18.7 Å². The van der Waals surface area contributed by atoms with Crippen LogP contribution in [0.1, 0.15) is 65.5 Å². The Kier molecular flexibility index (Phi) is 7.58. The normalized spacial score (nSPS) is 18.5. The number of aromatic nitrogens is 3. The lowest BCUT2D eigenvalue weighted by Crippen LogP contribution is -2.41. The summed E-state index contributed by atoms with van der Waals surface area (Å²) in [6, 6.07) is 9.74. The summed E-state index contributed by atoms with van der Waals surface area (Å²) in [5, 5.41) is 1.15. The number of hydrazine groups is 1. The number of nitrogens with two attached hydrogens (primary N) is 1. The van der Waals surface area contributed by atoms with Crippen LogP contribution >= 0.6 is 0 Å². The van der Waals surface area contributed by atoms with Gasteiger partial charge in [0.15, 0.2) is 0 Å². The predicted octanol–water partition coefficient (Wildman–Crippen LogP) is 3.90. The van der Waals surface area contributed by atoms with Crippen LogP contribution in [0, 0.1) is 13.8 Å². The van der Waals surface area contributed by atoms with Crippen molar-refractivity contribution in [3.8, 4) is 0 Å². The van der Waals surface area contributed by atoms with Crippen molar-refractivity contribution in [1.82, 2.24) is 24.3 Å². The van der Waals surface area contributed by atoms with Gasteiger partial charge in [-0.15, -0.1) is 0 Å². The molecule has 1 aromatic carbocycles. The van der Waals surface area contributed by atoms with Crippen LogP contribution in [0.25, 0.3) is 11.0 Å². The van der Waals surface area contributed by atoms with Crippen LogP contribution in [-0.2, 0) is 11.3 Å². The van der Waals surface area contributed by atoms with Gasteiger partial charge in [0, 0.05) is 36.6 Å². The molecule has 0 unspecified atom stereocenters. The summed E-state index contributed by atoms with van der Waals surface area (Å²) in [4.78, 5) is 39.7. The molecule has 0 radical (unpaired) electrons. The van der Waals surface area contributed by atoms with E-state index in [0.717, 1.165) is 66.3 Å². The summed E-state index contributed by atoms with van der Waals surface area (Å²) in [5.41, 5.74) is 4.87. The molecule has 0 bridgehead atoms. The van der Waals surface area contributed by atoms with Gasteiger partial charge in [0.25, 0.3) is 5.91 Å². The molecule has 0 saturated carbocycles. The first-order valence-corrected chi connectivity index (χ1v) is 13.5. The van der Waals surface area contributed by atoms with Crippen LogP contribution in [0.15, 0.2) is 43.0 Å². The lowest BCUT2D eigenvalue weighted by Gasteiger charge is -2.27. The minimum absolute atomic E-state index is 0.0782. The number of likely N-dealkylation sites (tertiary alicyclic amines) is 2. The van der Waals surface area contributed by atoms with Crippen molar-refractivity contribution in [1.29, 1.82) is 0 Å². The Balaban J connectivity index is 1.57. The van der Waals surface area contributed by atoms with E-state index in [-0.39, 0.29) is 17.9 Å². The number of anilines is 1. The van der Waals surface area contributed by atoms with Gasteiger partial charge in [-0.25, -0.2) is 15.8 Å². The first-order valence-electron chi connectivity index (χ1n) is 13.5. The number of benzene rings is 1. The molecule has 2 N–H and O–H groups in total. The van der Waals surface area contributed by atoms with E-state index >= 15 is 0 Å². The molecule has 2 aromatic heterocycles. The van der Waals surface area contributed by atoms with E-state index in [1.54, 1.807) is 12.1 Å². The van der Waals surface area contributed by atoms with Crippen molar-refractivity contribution in [2.45, 2.75) is 58.5 Å². The minimum Gasteiger partial charge on any atom is -0.337 e. The zero-order valence-corrected chi connectivity index (χ0v) is 22.4. The van der Waals surface area contributed by atoms with Crippen LogP contribution in [-0.4, -0.2) is 62.3 Å². The number of rotatable bonds is 6. The van der Waals surface area contributed by atoms with Crippen molar-refractivity contribution >= 4 is 28.8 Å². The molecule has 0 aliphatic carbocycles. The van der Waals surface area contributed by atoms with E-state index in [4.69, 9.17) is 10.8 Å². The van der Waals surface area contributed by atoms with E-state index in [1.165, 1.54) is 24.5 Å². The van der Waals surface area contributed by atoms with Crippen LogP contribution < -0.4 is 10.9 Å². The highest BCUT2D eigenvalue weighted by atomic mass is 16.2. The number of carbonyl (C=O) groups excluding carboxylic acids is 2. The Hall–Kier alpha value is -3.56. The van der Waals surface area contributed by atoms with Gasteiger partial charge < -0.3 is 9.47 Å². The third-order valence-electron chi connectivity index (χ3n) is 7.60. The van der Waals surface area contributed by atoms with Gasteiger partial charge in [0.05, 0.1) is 17.1 Å². The number of aryl methyl sites for hydroxylation is 2. The number of nitrogens with zero attached hydrogens (tertiary/aromatic N) is 6. The molecule has 4 heterocycles. The van der Waals surface area contributed by atoms with Crippen LogP contribution in [0.3, 0.4) is 0 Å². The van der Waals surface area contributed by atoms with Crippen molar-refractivity contribution < 1.29 is 9.59 Å². The Morgan fingerprint density at radius 3 is 2.47 bits per heavy atom. The molecule has 5 rings (SSSR count). The summed E-state index contributed by atoms with van der Waals surface area (Å²) >= 11 is 0. The molecular weight excluding hydrogens is 478 g/mol. The topological polar surface area (TPSA) is 101 Å². The van der Waals surface area contributed by atoms with Gasteiger partial charge in [-0.05, 0) is 94.9 Å². The zero-order valence-electron chi connectivity index (χ0n) is 22.4. The third-order valence-corrected chi connectivity index (χ3v) is 7.60. The monoisotopic (exact) mass is 515 g/mol. The molecule has 3 aromatic rings. The summed E-state index contributed by atoms with van der Waals surface area (Å²) in [6.45, 7) is 11.7. The second-order valence-electron chi connectivity index (χ2n) is 10.5. The second kappa shape index (κ2) is 11.0. The SMILES string of the molecule is C=CC(=O)N1CCCC[C@@H](n2c(N(N)C(=O)c3cc(C)nc(C)c3)nc3cc(CN4CCCC4)ccc32)C1. The Labute approximate surface area is 223 Å². The molecular formula is C29H37N7O2. The molecule has 1 atom stereocenters. The maximum absolute atomic E-state index is 13.6. The van der Waals surface area contributed by atoms with Gasteiger partial charge in [0.1, 0.15) is 0 Å². The van der Waals surface area contributed by atoms with E-state index < -0.39 is 0 Å². The fraction of sp³-hybridized carbons (Fsp3) is 0.448. The van der Waals surface area contributed by atoms with E-state index in [2.05, 4.69) is 39.2 Å². The second-order valence-corrected chi connectivity index (χ2v) is 10.5. The molecule has 2 aliphatic rings. The Morgan fingerprint density at radius 1 is 1.05 bits per heavy atom. The number of carbonyl (C=O) groups is 2. The molecule has 0 spiro atoms. The van der Waals surface area contributed by atoms with Gasteiger partial charge >= 0.3 is 0 Å². The predicted molar refractivity (Wildman–Crippen MR) is 149 cm³/mol. The molecule has 2 fully saturated rings. The average Bonchev–Trinajstić information content (AvgIpc) is 3.47. The number of amides is 2. The van der Waals surface area contributed by atoms with E-state index in [0.29, 0.717) is 24.6 Å². The van der Waals surface area contributed by atoms with Crippen LogP contribution in [0.2, 0.25) is 0 Å². The highest BCUT2D eigenvalue weighted by Crippen LogP contribution is 2.32. The number of hydrogen-bond donors (Lipinski definition) is 1. The van der Waals surface area contributed by atoms with Gasteiger partial charge in [0.2, 0.25) is 11.9 Å². The quantitative estimate of drug-likeness (QED) is 0.231. The largest absolute Gasteiger partial charge is 0.337 e. The van der Waals surface area contributed by atoms with Crippen LogP contribution in [0.4, 0.5) is 5.95 Å². The van der Waals surface area contributed by atoms with Crippen molar-refractivity contribution in [3.63, 3.8) is 0 Å². The molecule has 2 amide bonds. The van der Waals surface area contributed by atoms with Gasteiger partial charge in [-0.1, -0.05) is 12.6 Å². The molecule has 9 nitrogen and oxygen atoms in total. The summed E-state index contributed by atoms with van der Waals surface area (Å²) < 4.78 is 2.06. The number of hydrogen-bond acceptors (Lipinski definition) is 6. The Bertz CT molecular complexity index is 1340. The molecule has 2 saturated heterocycles. The lowest BCUT2D eigenvalue weighted by atomic mass is 10.1. The molecule has 38 heavy (non-hydrogen) atoms. The zero-order chi connectivity index (χ0) is 26.8. The molecule has 9 heteroatoms. The van der Waals surface area contributed by atoms with Gasteiger partial charge in [-0.2, -0.15) is 0 Å². The smallest absolute Gasteiger partial charge is 0.275 e. The van der Waals surface area contributed by atoms with Crippen LogP contribution in [0.5, 0.6) is 0 Å². The maximum Gasteiger partial charge on any atom is 0.275 e. The minimum atomic E-state index is -0.347. The first kappa shape index (κ1) is 26.1. The highest BCUT2D eigenvalue weighted by Gasteiger charge is 2.29.